The molecule has 6 heteroatoms. The fourth-order valence-corrected chi connectivity index (χ4v) is 0.860. The molecule has 2 atom stereocenters. The molecular formula is C9H11NO5. The van der Waals surface area contributed by atoms with Crippen LogP contribution in [-0.4, -0.2) is 32.4 Å². The van der Waals surface area contributed by atoms with Gasteiger partial charge in [-0.2, -0.15) is 0 Å². The molecule has 6 nitrogen and oxygen atoms in total. The first-order valence-corrected chi connectivity index (χ1v) is 3.86. The Hall–Kier alpha value is -1.79. The van der Waals surface area contributed by atoms with Gasteiger partial charge in [0.15, 0.2) is 11.5 Å². The summed E-state index contributed by atoms with van der Waals surface area (Å²) >= 11 is 0. The molecule has 0 aromatic heterocycles. The van der Waals surface area contributed by atoms with Gasteiger partial charge in [0.1, 0.15) is 12.1 Å². The second-order valence-corrected chi connectivity index (χ2v) is 2.78. The summed E-state index contributed by atoms with van der Waals surface area (Å²) in [4.78, 5) is 11.0. The Morgan fingerprint density at radius 3 is 2.73 bits per heavy atom. The van der Waals surface area contributed by atoms with Crippen LogP contribution in [0.15, 0.2) is 18.1 Å². The van der Waals surface area contributed by atoms with E-state index in [1.54, 1.807) is 0 Å². The van der Waals surface area contributed by atoms with Crippen molar-refractivity contribution in [1.29, 1.82) is 1.43 Å². The SMILES string of the molecule is [2H]OC(=O)[C@@H](N)[C@H](O)c1c([2H])c([2H])c(O)c(O)c1[2H]. The highest BCUT2D eigenvalue weighted by molar-refractivity contribution is 5.74. The largest absolute Gasteiger partial charge is 0.504 e. The number of aliphatic carboxylic acids is 1. The van der Waals surface area contributed by atoms with E-state index in [9.17, 15) is 20.1 Å². The minimum absolute atomic E-state index is 0.613. The van der Waals surface area contributed by atoms with Gasteiger partial charge in [0, 0.05) is 0 Å². The number of hydrogen-bond donors (Lipinski definition) is 5. The molecule has 0 aliphatic heterocycles. The fraction of sp³-hybridized carbons (Fsp3) is 0.222. The Morgan fingerprint density at radius 2 is 2.13 bits per heavy atom. The standard InChI is InChI=1S/C9H11NO5/c10-7(9(14)15)8(13)4-1-2-5(11)6(12)3-4/h1-3,7-8,11-13H,10H2,(H,14,15)/t7-,8+/m0/s1/i1D,2D,3D/hD. The molecule has 1 rings (SSSR count). The van der Waals surface area contributed by atoms with Crippen LogP contribution < -0.4 is 5.73 Å². The second-order valence-electron chi connectivity index (χ2n) is 2.78. The average molecular weight is 217 g/mol. The van der Waals surface area contributed by atoms with Gasteiger partial charge in [0.05, 0.1) is 4.11 Å². The molecule has 0 saturated carbocycles. The highest BCUT2D eigenvalue weighted by Crippen LogP contribution is 2.28. The summed E-state index contributed by atoms with van der Waals surface area (Å²) in [5, 5.41) is 32.0. The van der Waals surface area contributed by atoms with Gasteiger partial charge < -0.3 is 26.2 Å². The molecule has 0 bridgehead atoms. The number of carboxylic acids is 1. The average Bonchev–Trinajstić information content (AvgIpc) is 2.41. The zero-order valence-electron chi connectivity index (χ0n) is 11.4. The molecule has 0 heterocycles. The van der Waals surface area contributed by atoms with Crippen LogP contribution in [0.4, 0.5) is 0 Å². The normalized spacial score (nSPS) is 18.0. The summed E-state index contributed by atoms with van der Waals surface area (Å²) < 4.78 is 28.7. The maximum Gasteiger partial charge on any atom is 0.323 e. The smallest absolute Gasteiger partial charge is 0.323 e. The number of carboxylic acid groups (broad SMARTS) is 1. The molecule has 0 amide bonds. The van der Waals surface area contributed by atoms with Crippen LogP contribution in [0.25, 0.3) is 1.43 Å². The second kappa shape index (κ2) is 4.16. The Balaban J connectivity index is 3.39. The number of carbonyl (C=O) groups is 1. The third-order valence-electron chi connectivity index (χ3n) is 1.70. The first-order chi connectivity index (χ1) is 8.73. The minimum Gasteiger partial charge on any atom is -0.504 e. The third-order valence-corrected chi connectivity index (χ3v) is 1.70. The number of nitrogens with two attached hydrogens (primary N) is 1. The van der Waals surface area contributed by atoms with E-state index < -0.39 is 53.3 Å². The fourth-order valence-electron chi connectivity index (χ4n) is 0.860. The van der Waals surface area contributed by atoms with Crippen molar-refractivity contribution in [3.63, 3.8) is 0 Å². The molecule has 82 valence electrons. The zero-order valence-corrected chi connectivity index (χ0v) is 7.39. The quantitative estimate of drug-likeness (QED) is 0.436. The molecule has 6 N–H and O–H groups in total. The lowest BCUT2D eigenvalue weighted by Gasteiger charge is -2.15. The predicted molar refractivity (Wildman–Crippen MR) is 50.3 cm³/mol. The van der Waals surface area contributed by atoms with Crippen LogP contribution in [0, 0.1) is 0 Å². The summed E-state index contributed by atoms with van der Waals surface area (Å²) in [6.45, 7) is 0. The van der Waals surface area contributed by atoms with Gasteiger partial charge in [-0.25, -0.2) is 0 Å². The van der Waals surface area contributed by atoms with Crippen LogP contribution in [0.3, 0.4) is 0 Å². The van der Waals surface area contributed by atoms with E-state index in [4.69, 9.17) is 11.3 Å². The first kappa shape index (κ1) is 6.65. The summed E-state index contributed by atoms with van der Waals surface area (Å²) in [6.07, 6.45) is -1.94. The highest BCUT2D eigenvalue weighted by Gasteiger charge is 2.24. The molecule has 0 aliphatic carbocycles. The van der Waals surface area contributed by atoms with E-state index in [2.05, 4.69) is 5.11 Å². The van der Waals surface area contributed by atoms with Crippen molar-refractivity contribution in [2.75, 3.05) is 0 Å². The van der Waals surface area contributed by atoms with Crippen molar-refractivity contribution in [2.24, 2.45) is 5.73 Å². The van der Waals surface area contributed by atoms with Crippen molar-refractivity contribution in [3.8, 4) is 11.5 Å². The first-order valence-electron chi connectivity index (χ1n) is 5.77. The van der Waals surface area contributed by atoms with E-state index in [0.29, 0.717) is 0 Å². The Labute approximate surface area is 90.9 Å². The van der Waals surface area contributed by atoms with Gasteiger partial charge in [-0.3, -0.25) is 4.79 Å². The van der Waals surface area contributed by atoms with Crippen molar-refractivity contribution in [1.82, 2.24) is 0 Å². The van der Waals surface area contributed by atoms with E-state index in [-0.39, 0.29) is 0 Å². The minimum atomic E-state index is -1.94. The Kier molecular flexibility index (Phi) is 1.84. The van der Waals surface area contributed by atoms with Crippen LogP contribution in [0.5, 0.6) is 11.5 Å². The zero-order chi connectivity index (χ0) is 14.9. The molecular weight excluding hydrogens is 202 g/mol. The number of phenolic OH excluding ortho intramolecular Hbond substituents is 2. The van der Waals surface area contributed by atoms with E-state index in [1.807, 2.05) is 0 Å². The van der Waals surface area contributed by atoms with Crippen molar-refractivity contribution in [3.05, 3.63) is 23.7 Å². The Bertz CT molecular complexity index is 495. The number of benzene rings is 1. The lowest BCUT2D eigenvalue weighted by Crippen LogP contribution is -2.36. The highest BCUT2D eigenvalue weighted by atomic mass is 16.4. The van der Waals surface area contributed by atoms with Gasteiger partial charge in [-0.05, 0) is 17.6 Å². The number of rotatable bonds is 3. The van der Waals surface area contributed by atoms with Crippen LogP contribution >= 0.6 is 0 Å². The monoisotopic (exact) mass is 217 g/mol. The van der Waals surface area contributed by atoms with E-state index >= 15 is 0 Å². The summed E-state index contributed by atoms with van der Waals surface area (Å²) in [6, 6.07) is -4.19. The van der Waals surface area contributed by atoms with Crippen molar-refractivity contribution < 1.29 is 29.3 Å². The molecule has 0 fully saturated rings. The molecule has 0 radical (unpaired) electrons. The van der Waals surface area contributed by atoms with Gasteiger partial charge in [0.25, 0.3) is 1.43 Å². The lowest BCUT2D eigenvalue weighted by molar-refractivity contribution is -0.141. The molecule has 1 aromatic rings. The van der Waals surface area contributed by atoms with Crippen molar-refractivity contribution >= 4 is 5.97 Å². The molecule has 0 spiro atoms. The summed E-state index contributed by atoms with van der Waals surface area (Å²) in [5.74, 6) is -3.31. The van der Waals surface area contributed by atoms with Gasteiger partial charge in [0.2, 0.25) is 0 Å². The number of aromatic hydroxyl groups is 2. The topological polar surface area (TPSA) is 124 Å². The number of hydrogen-bond acceptors (Lipinski definition) is 6. The van der Waals surface area contributed by atoms with E-state index in [0.717, 1.165) is 0 Å². The number of phenols is 2. The van der Waals surface area contributed by atoms with Crippen molar-refractivity contribution in [2.45, 2.75) is 12.1 Å². The molecule has 1 aromatic carbocycles. The molecule has 0 unspecified atom stereocenters. The lowest BCUT2D eigenvalue weighted by atomic mass is 10.0. The maximum atomic E-state index is 11.0. The molecule has 15 heavy (non-hydrogen) atoms. The number of aliphatic hydroxyl groups excluding tert-OH is 1. The van der Waals surface area contributed by atoms with Crippen LogP contribution in [-0.2, 0) is 4.79 Å². The van der Waals surface area contributed by atoms with E-state index in [1.165, 1.54) is 0 Å². The van der Waals surface area contributed by atoms with Gasteiger partial charge in [-0.1, -0.05) is 6.04 Å². The summed E-state index contributed by atoms with van der Waals surface area (Å²) in [5.41, 5.74) is 4.65. The van der Waals surface area contributed by atoms with Crippen LogP contribution in [0.1, 0.15) is 15.8 Å². The maximum absolute atomic E-state index is 11.0. The van der Waals surface area contributed by atoms with Gasteiger partial charge in [-0.15, -0.1) is 0 Å². The predicted octanol–water partition coefficient (Wildman–Crippen LogP) is -0.457. The third kappa shape index (κ3) is 2.36. The van der Waals surface area contributed by atoms with Gasteiger partial charge >= 0.3 is 5.97 Å². The molecule has 0 saturated heterocycles. The molecule has 0 aliphatic rings. The summed E-state index contributed by atoms with van der Waals surface area (Å²) in [7, 11) is 0. The Morgan fingerprint density at radius 1 is 1.47 bits per heavy atom. The van der Waals surface area contributed by atoms with Crippen LogP contribution in [0.2, 0.25) is 0 Å². The number of aliphatic hydroxyl groups is 1.